The third-order valence-electron chi connectivity index (χ3n) is 4.34. The summed E-state index contributed by atoms with van der Waals surface area (Å²) in [5, 5.41) is 14.2. The maximum Gasteiger partial charge on any atom is 0.286 e. The van der Waals surface area contributed by atoms with Crippen LogP contribution in [0.2, 0.25) is 0 Å². The van der Waals surface area contributed by atoms with Gasteiger partial charge in [-0.05, 0) is 55.1 Å². The van der Waals surface area contributed by atoms with E-state index in [0.717, 1.165) is 18.0 Å². The second kappa shape index (κ2) is 7.61. The first kappa shape index (κ1) is 17.3. The van der Waals surface area contributed by atoms with Gasteiger partial charge in [0.2, 0.25) is 5.01 Å². The summed E-state index contributed by atoms with van der Waals surface area (Å²) in [6.07, 6.45) is 2.32. The Hall–Kier alpha value is -2.16. The van der Waals surface area contributed by atoms with Gasteiger partial charge in [0.1, 0.15) is 10.8 Å². The van der Waals surface area contributed by atoms with E-state index in [4.69, 9.17) is 0 Å². The number of amides is 1. The van der Waals surface area contributed by atoms with Crippen molar-refractivity contribution in [2.45, 2.75) is 25.4 Å². The van der Waals surface area contributed by atoms with Gasteiger partial charge in [0.15, 0.2) is 0 Å². The molecule has 1 N–H and O–H groups in total. The Morgan fingerprint density at radius 1 is 1.27 bits per heavy atom. The van der Waals surface area contributed by atoms with E-state index in [-0.39, 0.29) is 11.7 Å². The molecule has 1 aliphatic heterocycles. The van der Waals surface area contributed by atoms with Crippen molar-refractivity contribution in [2.24, 2.45) is 0 Å². The third kappa shape index (κ3) is 3.82. The second-order valence-corrected chi connectivity index (χ2v) is 8.15. The first-order chi connectivity index (χ1) is 12.7. The molecule has 0 bridgehead atoms. The number of halogens is 1. The van der Waals surface area contributed by atoms with E-state index in [0.29, 0.717) is 23.3 Å². The van der Waals surface area contributed by atoms with Crippen LogP contribution in [0.3, 0.4) is 0 Å². The summed E-state index contributed by atoms with van der Waals surface area (Å²) in [6.45, 7) is 1.73. The lowest BCUT2D eigenvalue weighted by Gasteiger charge is -2.21. The fourth-order valence-electron chi connectivity index (χ4n) is 3.12. The normalized spacial score (nSPS) is 17.5. The zero-order chi connectivity index (χ0) is 17.9. The molecule has 1 saturated heterocycles. The fourth-order valence-corrected chi connectivity index (χ4v) is 4.78. The monoisotopic (exact) mass is 388 g/mol. The smallest absolute Gasteiger partial charge is 0.286 e. The number of anilines is 1. The van der Waals surface area contributed by atoms with E-state index in [9.17, 15) is 9.18 Å². The van der Waals surface area contributed by atoms with Crippen LogP contribution in [0, 0.1) is 5.82 Å². The zero-order valence-electron chi connectivity index (χ0n) is 13.9. The van der Waals surface area contributed by atoms with Crippen molar-refractivity contribution in [3.63, 3.8) is 0 Å². The molecule has 3 heterocycles. The summed E-state index contributed by atoms with van der Waals surface area (Å²) in [4.78, 5) is 16.1. The van der Waals surface area contributed by atoms with Gasteiger partial charge in [0.25, 0.3) is 5.91 Å². The largest absolute Gasteiger partial charge is 0.320 e. The van der Waals surface area contributed by atoms with Crippen molar-refractivity contribution >= 4 is 34.3 Å². The number of benzene rings is 1. The van der Waals surface area contributed by atoms with E-state index in [1.807, 2.05) is 0 Å². The molecule has 2 aromatic heterocycles. The number of carbonyl (C=O) groups excluding carboxylic acids is 1. The van der Waals surface area contributed by atoms with E-state index < -0.39 is 0 Å². The maximum atomic E-state index is 12.9. The van der Waals surface area contributed by atoms with Crippen molar-refractivity contribution in [1.82, 2.24) is 15.1 Å². The Balaban J connectivity index is 1.41. The molecule has 8 heteroatoms. The van der Waals surface area contributed by atoms with Gasteiger partial charge in [0.05, 0.1) is 6.54 Å². The fraction of sp³-hybridized carbons (Fsp3) is 0.278. The van der Waals surface area contributed by atoms with Gasteiger partial charge < -0.3 is 5.32 Å². The number of hydrogen-bond acceptors (Lipinski definition) is 6. The molecule has 5 nitrogen and oxygen atoms in total. The number of nitrogens with one attached hydrogen (secondary N) is 1. The quantitative estimate of drug-likeness (QED) is 0.707. The standard InChI is InChI=1S/C18H17FN4OS2/c19-12-5-7-13(8-6-12)20-17(24)18-22-21-16(26-18)11-23-9-1-3-14(23)15-4-2-10-25-15/h2,4-8,10,14H,1,3,9,11H2,(H,20,24). The summed E-state index contributed by atoms with van der Waals surface area (Å²) in [5.74, 6) is -0.663. The number of nitrogens with zero attached hydrogens (tertiary/aromatic N) is 3. The van der Waals surface area contributed by atoms with Crippen LogP contribution >= 0.6 is 22.7 Å². The number of aromatic nitrogens is 2. The summed E-state index contributed by atoms with van der Waals surface area (Å²) in [7, 11) is 0. The Labute approximate surface area is 158 Å². The zero-order valence-corrected chi connectivity index (χ0v) is 15.5. The molecule has 0 radical (unpaired) electrons. The van der Waals surface area contributed by atoms with Gasteiger partial charge >= 0.3 is 0 Å². The average Bonchev–Trinajstić information content (AvgIpc) is 3.38. The molecule has 3 aromatic rings. The summed E-state index contributed by atoms with van der Waals surface area (Å²) >= 11 is 3.08. The van der Waals surface area contributed by atoms with Crippen molar-refractivity contribution in [2.75, 3.05) is 11.9 Å². The van der Waals surface area contributed by atoms with Gasteiger partial charge in [0, 0.05) is 16.6 Å². The SMILES string of the molecule is O=C(Nc1ccc(F)cc1)c1nnc(CN2CCCC2c2cccs2)s1. The molecule has 0 saturated carbocycles. The van der Waals surface area contributed by atoms with Crippen LogP contribution in [-0.4, -0.2) is 27.5 Å². The molecule has 1 aromatic carbocycles. The number of hydrogen-bond donors (Lipinski definition) is 1. The Morgan fingerprint density at radius 2 is 2.12 bits per heavy atom. The highest BCUT2D eigenvalue weighted by molar-refractivity contribution is 7.13. The molecule has 1 atom stereocenters. The van der Waals surface area contributed by atoms with Gasteiger partial charge in [-0.2, -0.15) is 0 Å². The van der Waals surface area contributed by atoms with E-state index in [1.165, 1.54) is 46.9 Å². The lowest BCUT2D eigenvalue weighted by atomic mass is 10.2. The van der Waals surface area contributed by atoms with Crippen LogP contribution in [0.1, 0.15) is 38.6 Å². The topological polar surface area (TPSA) is 58.1 Å². The number of thiophene rings is 1. The summed E-state index contributed by atoms with van der Waals surface area (Å²) in [6, 6.07) is 10.3. The average molecular weight is 388 g/mol. The number of carbonyl (C=O) groups is 1. The van der Waals surface area contributed by atoms with Crippen LogP contribution in [0.4, 0.5) is 10.1 Å². The third-order valence-corrected chi connectivity index (χ3v) is 6.22. The van der Waals surface area contributed by atoms with Crippen LogP contribution in [0.5, 0.6) is 0 Å². The minimum Gasteiger partial charge on any atom is -0.320 e. The van der Waals surface area contributed by atoms with Gasteiger partial charge in [-0.3, -0.25) is 9.69 Å². The molecular weight excluding hydrogens is 371 g/mol. The molecule has 1 unspecified atom stereocenters. The Kier molecular flexibility index (Phi) is 5.05. The molecule has 134 valence electrons. The van der Waals surface area contributed by atoms with Crippen LogP contribution in [0.15, 0.2) is 41.8 Å². The minimum atomic E-state index is -0.341. The lowest BCUT2D eigenvalue weighted by molar-refractivity contribution is 0.102. The van der Waals surface area contributed by atoms with Crippen LogP contribution in [0.25, 0.3) is 0 Å². The van der Waals surface area contributed by atoms with Crippen molar-refractivity contribution in [1.29, 1.82) is 0 Å². The van der Waals surface area contributed by atoms with E-state index >= 15 is 0 Å². The molecule has 1 fully saturated rings. The minimum absolute atomic E-state index is 0.316. The van der Waals surface area contributed by atoms with Crippen LogP contribution < -0.4 is 5.32 Å². The molecule has 0 aliphatic carbocycles. The van der Waals surface area contributed by atoms with Crippen LogP contribution in [-0.2, 0) is 6.54 Å². The van der Waals surface area contributed by atoms with Crippen molar-refractivity contribution in [3.8, 4) is 0 Å². The van der Waals surface area contributed by atoms with Crippen molar-refractivity contribution < 1.29 is 9.18 Å². The highest BCUT2D eigenvalue weighted by Gasteiger charge is 2.28. The Bertz CT molecular complexity index is 879. The van der Waals surface area contributed by atoms with Crippen molar-refractivity contribution in [3.05, 3.63) is 62.5 Å². The predicted molar refractivity (Wildman–Crippen MR) is 101 cm³/mol. The first-order valence-electron chi connectivity index (χ1n) is 8.36. The molecule has 26 heavy (non-hydrogen) atoms. The highest BCUT2D eigenvalue weighted by Crippen LogP contribution is 2.35. The molecule has 1 amide bonds. The van der Waals surface area contributed by atoms with Gasteiger partial charge in [-0.15, -0.1) is 21.5 Å². The molecular formula is C18H17FN4OS2. The maximum absolute atomic E-state index is 12.9. The van der Waals surface area contributed by atoms with E-state index in [2.05, 4.69) is 37.9 Å². The molecule has 1 aliphatic rings. The second-order valence-electron chi connectivity index (χ2n) is 6.11. The first-order valence-corrected chi connectivity index (χ1v) is 10.1. The highest BCUT2D eigenvalue weighted by atomic mass is 32.1. The van der Waals surface area contributed by atoms with Gasteiger partial charge in [-0.25, -0.2) is 4.39 Å². The summed E-state index contributed by atoms with van der Waals surface area (Å²) < 4.78 is 12.9. The Morgan fingerprint density at radius 3 is 2.88 bits per heavy atom. The molecule has 0 spiro atoms. The number of likely N-dealkylation sites (tertiary alicyclic amines) is 1. The van der Waals surface area contributed by atoms with Gasteiger partial charge in [-0.1, -0.05) is 17.4 Å². The summed E-state index contributed by atoms with van der Waals surface area (Å²) in [5.41, 5.74) is 0.533. The lowest BCUT2D eigenvalue weighted by Crippen LogP contribution is -2.22. The number of rotatable bonds is 5. The van der Waals surface area contributed by atoms with E-state index in [1.54, 1.807) is 11.3 Å². The molecule has 4 rings (SSSR count). The predicted octanol–water partition coefficient (Wildman–Crippen LogP) is 4.33.